The van der Waals surface area contributed by atoms with Gasteiger partial charge in [-0.25, -0.2) is 29.9 Å². The molecule has 4 aromatic heterocycles. The van der Waals surface area contributed by atoms with Crippen LogP contribution in [0.3, 0.4) is 0 Å². The predicted molar refractivity (Wildman–Crippen MR) is 340 cm³/mol. The summed E-state index contributed by atoms with van der Waals surface area (Å²) in [6.45, 7) is 0. The molecule has 0 amide bonds. The number of hydrogen-bond donors (Lipinski definition) is 0. The Labute approximate surface area is 509 Å². The van der Waals surface area contributed by atoms with E-state index >= 15 is 26.3 Å². The van der Waals surface area contributed by atoms with Gasteiger partial charge in [0.05, 0.1) is 50.5 Å². The van der Waals surface area contributed by atoms with E-state index in [2.05, 4.69) is 6.07 Å². The van der Waals surface area contributed by atoms with Gasteiger partial charge in [0, 0.05) is 77.3 Å². The molecule has 0 unspecified atom stereocenters. The minimum absolute atomic E-state index is 0.111. The first-order valence-electron chi connectivity index (χ1n) is 28.6. The van der Waals surface area contributed by atoms with Crippen LogP contribution in [0.4, 0.5) is 26.3 Å². The smallest absolute Gasteiger partial charge is 0.309 e. The molecular weight excluding hydrogens is 1140 g/mol. The van der Waals surface area contributed by atoms with Crippen LogP contribution in [0.25, 0.3) is 146 Å². The van der Waals surface area contributed by atoms with Gasteiger partial charge in [0.15, 0.2) is 34.9 Å². The SMILES string of the molecule is N#Cc1ccc(-n2c3ccccc3c3cc(-c4nc(-c5ccccc5)nc(-c5ccccc5)n4)ccc32)cc1-c1cc(-c2c(C(F)(F)F)cccc2C(F)(F)F)ccc1-n1c2ccccc2c2cc(-c3nc(-c4ccccc4)nc(-c4ccccc4)n3)ccc21. The van der Waals surface area contributed by atoms with Crippen LogP contribution >= 0.6 is 0 Å². The van der Waals surface area contributed by atoms with Crippen molar-refractivity contribution in [2.75, 3.05) is 0 Å². The van der Waals surface area contributed by atoms with Gasteiger partial charge in [-0.3, -0.25) is 0 Å². The lowest BCUT2D eigenvalue weighted by Crippen LogP contribution is -2.14. The van der Waals surface area contributed by atoms with Crippen molar-refractivity contribution in [2.24, 2.45) is 0 Å². The average molecular weight is 1180 g/mol. The molecule has 0 aliphatic rings. The molecule has 0 spiro atoms. The van der Waals surface area contributed by atoms with Gasteiger partial charge in [0.1, 0.15) is 0 Å². The lowest BCUT2D eigenvalue weighted by Gasteiger charge is -2.22. The Morgan fingerprint density at radius 2 is 0.678 bits per heavy atom. The number of aromatic nitrogens is 8. The molecule has 0 saturated carbocycles. The van der Waals surface area contributed by atoms with Crippen LogP contribution in [0.5, 0.6) is 0 Å². The van der Waals surface area contributed by atoms with Gasteiger partial charge in [-0.15, -0.1) is 0 Å². The number of nitriles is 1. The van der Waals surface area contributed by atoms with Crippen molar-refractivity contribution in [1.82, 2.24) is 39.0 Å². The van der Waals surface area contributed by atoms with Crippen molar-refractivity contribution in [3.63, 3.8) is 0 Å². The molecule has 4 heterocycles. The molecule has 0 radical (unpaired) electrons. The van der Waals surface area contributed by atoms with Gasteiger partial charge in [0.2, 0.25) is 0 Å². The molecule has 0 saturated heterocycles. The number of benzene rings is 11. The maximum absolute atomic E-state index is 15.2. The number of rotatable bonds is 10. The van der Waals surface area contributed by atoms with Crippen molar-refractivity contribution >= 4 is 43.6 Å². The van der Waals surface area contributed by atoms with Crippen molar-refractivity contribution in [3.8, 4) is 108 Å². The maximum atomic E-state index is 15.2. The zero-order valence-electron chi connectivity index (χ0n) is 47.1. The number of para-hydroxylation sites is 2. The number of nitrogens with zero attached hydrogens (tertiary/aromatic N) is 9. The van der Waals surface area contributed by atoms with E-state index < -0.39 is 29.0 Å². The Morgan fingerprint density at radius 1 is 0.300 bits per heavy atom. The first kappa shape index (κ1) is 54.7. The summed E-state index contributed by atoms with van der Waals surface area (Å²) < 4.78 is 95.1. The minimum atomic E-state index is -5.19. The van der Waals surface area contributed by atoms with E-state index in [1.807, 2.05) is 215 Å². The topological polar surface area (TPSA) is 111 Å². The molecule has 0 atom stereocenters. The molecule has 9 nitrogen and oxygen atoms in total. The Bertz CT molecular complexity index is 5200. The second kappa shape index (κ2) is 21.8. The van der Waals surface area contributed by atoms with Crippen LogP contribution in [0, 0.1) is 11.3 Å². The summed E-state index contributed by atoms with van der Waals surface area (Å²) in [6.07, 6.45) is -10.4. The molecule has 0 aliphatic heterocycles. The number of hydrogen-bond acceptors (Lipinski definition) is 7. The van der Waals surface area contributed by atoms with Crippen LogP contribution in [0.2, 0.25) is 0 Å². The fourth-order valence-electron chi connectivity index (χ4n) is 12.1. The van der Waals surface area contributed by atoms with E-state index in [1.165, 1.54) is 18.2 Å². The highest BCUT2D eigenvalue weighted by Crippen LogP contribution is 2.48. The molecular formula is C75H43F6N9. The second-order valence-electron chi connectivity index (χ2n) is 21.5. The fraction of sp³-hybridized carbons (Fsp3) is 0.0267. The van der Waals surface area contributed by atoms with Crippen LogP contribution in [-0.2, 0) is 12.4 Å². The van der Waals surface area contributed by atoms with Crippen LogP contribution < -0.4 is 0 Å². The normalized spacial score (nSPS) is 11.9. The van der Waals surface area contributed by atoms with E-state index in [4.69, 9.17) is 29.9 Å². The molecule has 0 N–H and O–H groups in total. The van der Waals surface area contributed by atoms with Crippen LogP contribution in [0.15, 0.2) is 261 Å². The molecule has 0 bridgehead atoms. The van der Waals surface area contributed by atoms with Crippen LogP contribution in [-0.4, -0.2) is 39.0 Å². The summed E-state index contributed by atoms with van der Waals surface area (Å²) in [5, 5.41) is 14.4. The van der Waals surface area contributed by atoms with Gasteiger partial charge < -0.3 is 9.13 Å². The third-order valence-electron chi connectivity index (χ3n) is 16.1. The van der Waals surface area contributed by atoms with E-state index in [-0.39, 0.29) is 22.3 Å². The lowest BCUT2D eigenvalue weighted by atomic mass is 9.89. The van der Waals surface area contributed by atoms with Crippen LogP contribution in [0.1, 0.15) is 16.7 Å². The van der Waals surface area contributed by atoms with Gasteiger partial charge in [0.25, 0.3) is 0 Å². The third-order valence-corrected chi connectivity index (χ3v) is 16.1. The number of alkyl halides is 6. The van der Waals surface area contributed by atoms with Crippen molar-refractivity contribution in [2.45, 2.75) is 12.4 Å². The van der Waals surface area contributed by atoms with E-state index in [1.54, 1.807) is 18.2 Å². The van der Waals surface area contributed by atoms with Gasteiger partial charge in [-0.2, -0.15) is 31.6 Å². The van der Waals surface area contributed by atoms with E-state index in [9.17, 15) is 5.26 Å². The summed E-state index contributed by atoms with van der Waals surface area (Å²) in [5.41, 5.74) is 4.51. The molecule has 11 aromatic carbocycles. The summed E-state index contributed by atoms with van der Waals surface area (Å²) in [4.78, 5) is 29.8. The standard InChI is InChI=1S/C75H43F6N9/c76-74(77,78)60-28-17-29-61(75(79,80)81)67(60)49-33-37-66(90-63-31-16-14-27-55(63)58-42-51(35-39-65(58)90)73-87-70(47-22-9-3-10-23-47)84-71(88-73)48-24-11-4-12-25-48)59(40-49)56-43-53(36-32-52(56)44-82)89-62-30-15-13-26-54(62)57-41-50(34-38-64(57)89)72-85-68(45-18-5-1-6-19-45)83-69(86-72)46-20-7-2-8-21-46/h1-43H. The number of fused-ring (bicyclic) bond motifs is 6. The fourth-order valence-corrected chi connectivity index (χ4v) is 12.1. The van der Waals surface area contributed by atoms with Crippen molar-refractivity contribution in [1.29, 1.82) is 5.26 Å². The summed E-state index contributed by atoms with van der Waals surface area (Å²) in [6, 6.07) is 79.2. The van der Waals surface area contributed by atoms with Gasteiger partial charge in [-0.05, 0) is 96.6 Å². The van der Waals surface area contributed by atoms with Crippen molar-refractivity contribution < 1.29 is 26.3 Å². The summed E-state index contributed by atoms with van der Waals surface area (Å²) >= 11 is 0. The maximum Gasteiger partial charge on any atom is 0.417 e. The summed E-state index contributed by atoms with van der Waals surface area (Å²) in [7, 11) is 0. The third kappa shape index (κ3) is 9.73. The highest BCUT2D eigenvalue weighted by Gasteiger charge is 2.41. The van der Waals surface area contributed by atoms with Gasteiger partial charge >= 0.3 is 12.4 Å². The Morgan fingerprint density at radius 3 is 1.11 bits per heavy atom. The minimum Gasteiger partial charge on any atom is -0.309 e. The number of halogens is 6. The largest absolute Gasteiger partial charge is 0.417 e. The first-order chi connectivity index (χ1) is 43.8. The average Bonchev–Trinajstić information content (AvgIpc) is 1.62. The zero-order valence-corrected chi connectivity index (χ0v) is 47.1. The van der Waals surface area contributed by atoms with Crippen molar-refractivity contribution in [3.05, 3.63) is 278 Å². The molecule has 15 aromatic rings. The molecule has 0 aliphatic carbocycles. The Hall–Kier alpha value is -11.9. The first-order valence-corrected chi connectivity index (χ1v) is 28.6. The Balaban J connectivity index is 0.948. The van der Waals surface area contributed by atoms with Gasteiger partial charge in [-0.1, -0.05) is 170 Å². The Kier molecular flexibility index (Phi) is 13.3. The second-order valence-corrected chi connectivity index (χ2v) is 21.5. The molecule has 15 rings (SSSR count). The zero-order chi connectivity index (χ0) is 61.3. The van der Waals surface area contributed by atoms with E-state index in [0.29, 0.717) is 80.6 Å². The van der Waals surface area contributed by atoms with E-state index in [0.717, 1.165) is 60.9 Å². The highest BCUT2D eigenvalue weighted by molar-refractivity contribution is 6.12. The summed E-state index contributed by atoms with van der Waals surface area (Å²) in [5.74, 6) is 2.75. The highest BCUT2D eigenvalue weighted by atomic mass is 19.4. The molecule has 430 valence electrons. The predicted octanol–water partition coefficient (Wildman–Crippen LogP) is 19.5. The quantitative estimate of drug-likeness (QED) is 0.125. The molecule has 0 fully saturated rings. The monoisotopic (exact) mass is 1180 g/mol. The lowest BCUT2D eigenvalue weighted by molar-refractivity contribution is -0.142. The molecule has 15 heteroatoms. The molecule has 90 heavy (non-hydrogen) atoms.